The molecule has 0 aromatic heterocycles. The van der Waals surface area contributed by atoms with E-state index >= 15 is 0 Å². The van der Waals surface area contributed by atoms with Crippen LogP contribution in [0.5, 0.6) is 0 Å². The molecule has 82 valence electrons. The first-order chi connectivity index (χ1) is 7.04. The minimum absolute atomic E-state index is 0.241. The van der Waals surface area contributed by atoms with Crippen LogP contribution < -0.4 is 0 Å². The van der Waals surface area contributed by atoms with Gasteiger partial charge in [0.25, 0.3) is 0 Å². The van der Waals surface area contributed by atoms with E-state index in [0.717, 1.165) is 6.42 Å². The second-order valence-corrected chi connectivity index (χ2v) is 4.42. The normalized spacial score (nSPS) is 10.7. The third-order valence-electron chi connectivity index (χ3n) is 2.72. The zero-order valence-electron chi connectivity index (χ0n) is 10.1. The van der Waals surface area contributed by atoms with Crippen LogP contribution in [0.4, 0.5) is 0 Å². The molecule has 0 heterocycles. The van der Waals surface area contributed by atoms with Crippen molar-refractivity contribution in [1.29, 1.82) is 0 Å². The predicted molar refractivity (Wildman–Crippen MR) is 64.3 cm³/mol. The third kappa shape index (κ3) is 3.19. The van der Waals surface area contributed by atoms with Crippen molar-refractivity contribution in [1.82, 2.24) is 0 Å². The Morgan fingerprint density at radius 3 is 2.40 bits per heavy atom. The van der Waals surface area contributed by atoms with E-state index in [1.54, 1.807) is 6.92 Å². The first-order valence-electron chi connectivity index (χ1n) is 5.65. The van der Waals surface area contributed by atoms with Gasteiger partial charge >= 0.3 is 0 Å². The molecule has 0 amide bonds. The van der Waals surface area contributed by atoms with Gasteiger partial charge in [-0.3, -0.25) is 4.79 Å². The fourth-order valence-electron chi connectivity index (χ4n) is 1.78. The number of aryl methyl sites for hydroxylation is 1. The summed E-state index contributed by atoms with van der Waals surface area (Å²) in [5.74, 6) is 0.771. The van der Waals surface area contributed by atoms with Crippen molar-refractivity contribution < 1.29 is 4.79 Å². The van der Waals surface area contributed by atoms with Crippen LogP contribution >= 0.6 is 0 Å². The molecule has 0 aliphatic rings. The molecule has 0 N–H and O–H groups in total. The molecule has 1 heteroatoms. The number of rotatable bonds is 4. The Kier molecular flexibility index (Phi) is 4.07. The van der Waals surface area contributed by atoms with E-state index in [2.05, 4.69) is 39.0 Å². The molecular weight excluding hydrogens is 184 g/mol. The van der Waals surface area contributed by atoms with Gasteiger partial charge in [-0.25, -0.2) is 0 Å². The summed E-state index contributed by atoms with van der Waals surface area (Å²) in [7, 11) is 0. The highest BCUT2D eigenvalue weighted by Gasteiger charge is 2.06. The fraction of sp³-hybridized carbons (Fsp3) is 0.500. The van der Waals surface area contributed by atoms with Crippen LogP contribution in [0.1, 0.15) is 50.3 Å². The minimum atomic E-state index is 0.241. The van der Waals surface area contributed by atoms with Crippen molar-refractivity contribution in [2.45, 2.75) is 46.5 Å². The molecule has 0 bridgehead atoms. The average Bonchev–Trinajstić information content (AvgIpc) is 2.16. The van der Waals surface area contributed by atoms with Gasteiger partial charge in [0.05, 0.1) is 0 Å². The minimum Gasteiger partial charge on any atom is -0.300 e. The maximum Gasteiger partial charge on any atom is 0.134 e. The molecule has 0 fully saturated rings. The smallest absolute Gasteiger partial charge is 0.134 e. The van der Waals surface area contributed by atoms with Crippen LogP contribution in [-0.2, 0) is 17.6 Å². The second kappa shape index (κ2) is 5.11. The highest BCUT2D eigenvalue weighted by Crippen LogP contribution is 2.20. The van der Waals surface area contributed by atoms with E-state index in [1.165, 1.54) is 16.7 Å². The van der Waals surface area contributed by atoms with Crippen molar-refractivity contribution in [3.05, 3.63) is 34.9 Å². The third-order valence-corrected chi connectivity index (χ3v) is 2.72. The van der Waals surface area contributed by atoms with Crippen LogP contribution in [-0.4, -0.2) is 5.78 Å². The molecule has 0 aliphatic carbocycles. The van der Waals surface area contributed by atoms with Crippen LogP contribution in [0.2, 0.25) is 0 Å². The van der Waals surface area contributed by atoms with Crippen LogP contribution in [0.15, 0.2) is 18.2 Å². The van der Waals surface area contributed by atoms with Crippen molar-refractivity contribution >= 4 is 5.78 Å². The summed E-state index contributed by atoms with van der Waals surface area (Å²) < 4.78 is 0. The summed E-state index contributed by atoms with van der Waals surface area (Å²) in [6.45, 7) is 8.15. The van der Waals surface area contributed by atoms with Crippen LogP contribution in [0.3, 0.4) is 0 Å². The Labute approximate surface area is 92.5 Å². The molecule has 0 saturated heterocycles. The highest BCUT2D eigenvalue weighted by molar-refractivity contribution is 5.78. The van der Waals surface area contributed by atoms with Gasteiger partial charge in [-0.15, -0.1) is 0 Å². The summed E-state index contributed by atoms with van der Waals surface area (Å²) in [5.41, 5.74) is 3.83. The monoisotopic (exact) mass is 204 g/mol. The number of ketones is 1. The number of hydrogen-bond acceptors (Lipinski definition) is 1. The summed E-state index contributed by atoms with van der Waals surface area (Å²) in [6, 6.07) is 6.52. The molecule has 0 unspecified atom stereocenters. The Morgan fingerprint density at radius 2 is 1.93 bits per heavy atom. The zero-order chi connectivity index (χ0) is 11.4. The maximum atomic E-state index is 11.2. The average molecular weight is 204 g/mol. The molecule has 0 saturated carbocycles. The maximum absolute atomic E-state index is 11.2. The van der Waals surface area contributed by atoms with E-state index in [-0.39, 0.29) is 5.78 Å². The molecule has 1 nitrogen and oxygen atoms in total. The van der Waals surface area contributed by atoms with Crippen molar-refractivity contribution in [3.8, 4) is 0 Å². The van der Waals surface area contributed by atoms with Gasteiger partial charge < -0.3 is 0 Å². The SMILES string of the molecule is CCc1ccc(C(C)C)cc1CC(C)=O. The second-order valence-electron chi connectivity index (χ2n) is 4.42. The number of hydrogen-bond donors (Lipinski definition) is 0. The highest BCUT2D eigenvalue weighted by atomic mass is 16.1. The first-order valence-corrected chi connectivity index (χ1v) is 5.65. The van der Waals surface area contributed by atoms with Crippen molar-refractivity contribution in [2.24, 2.45) is 0 Å². The standard InChI is InChI=1S/C14H20O/c1-5-12-6-7-13(10(2)3)9-14(12)8-11(4)15/h6-7,9-10H,5,8H2,1-4H3. The zero-order valence-corrected chi connectivity index (χ0v) is 10.1. The van der Waals surface area contributed by atoms with Gasteiger partial charge in [0.1, 0.15) is 5.78 Å². The number of carbonyl (C=O) groups is 1. The molecule has 0 spiro atoms. The van der Waals surface area contributed by atoms with E-state index in [9.17, 15) is 4.79 Å². The van der Waals surface area contributed by atoms with Crippen molar-refractivity contribution in [3.63, 3.8) is 0 Å². The molecular formula is C14H20O. The lowest BCUT2D eigenvalue weighted by atomic mass is 9.94. The van der Waals surface area contributed by atoms with Crippen LogP contribution in [0, 0.1) is 0 Å². The molecule has 1 aromatic carbocycles. The van der Waals surface area contributed by atoms with Gasteiger partial charge in [-0.05, 0) is 36.0 Å². The molecule has 0 aliphatic heterocycles. The van der Waals surface area contributed by atoms with Crippen molar-refractivity contribution in [2.75, 3.05) is 0 Å². The Bertz CT molecular complexity index is 350. The van der Waals surface area contributed by atoms with E-state index in [0.29, 0.717) is 12.3 Å². The lowest BCUT2D eigenvalue weighted by Gasteiger charge is -2.11. The Morgan fingerprint density at radius 1 is 1.27 bits per heavy atom. The summed E-state index contributed by atoms with van der Waals surface area (Å²) in [6.07, 6.45) is 1.57. The molecule has 1 rings (SSSR count). The predicted octanol–water partition coefficient (Wildman–Crippen LogP) is 3.50. The Balaban J connectivity index is 3.07. The van der Waals surface area contributed by atoms with E-state index in [4.69, 9.17) is 0 Å². The number of Topliss-reactive ketones (excluding diaryl/α,β-unsaturated/α-hetero) is 1. The quantitative estimate of drug-likeness (QED) is 0.733. The van der Waals surface area contributed by atoms with Gasteiger partial charge in [-0.2, -0.15) is 0 Å². The van der Waals surface area contributed by atoms with E-state index < -0.39 is 0 Å². The summed E-state index contributed by atoms with van der Waals surface area (Å²) in [4.78, 5) is 11.2. The number of benzene rings is 1. The van der Waals surface area contributed by atoms with E-state index in [1.807, 2.05) is 0 Å². The van der Waals surface area contributed by atoms with Gasteiger partial charge in [0.15, 0.2) is 0 Å². The largest absolute Gasteiger partial charge is 0.300 e. The lowest BCUT2D eigenvalue weighted by molar-refractivity contribution is -0.116. The topological polar surface area (TPSA) is 17.1 Å². The molecule has 0 radical (unpaired) electrons. The molecule has 1 aromatic rings. The lowest BCUT2D eigenvalue weighted by Crippen LogP contribution is -2.02. The molecule has 0 atom stereocenters. The Hall–Kier alpha value is -1.11. The first kappa shape index (κ1) is 12.0. The van der Waals surface area contributed by atoms with Gasteiger partial charge in [0, 0.05) is 6.42 Å². The summed E-state index contributed by atoms with van der Waals surface area (Å²) in [5, 5.41) is 0. The van der Waals surface area contributed by atoms with Crippen LogP contribution in [0.25, 0.3) is 0 Å². The van der Waals surface area contributed by atoms with Gasteiger partial charge in [-0.1, -0.05) is 39.0 Å². The fourth-order valence-corrected chi connectivity index (χ4v) is 1.78. The van der Waals surface area contributed by atoms with Gasteiger partial charge in [0.2, 0.25) is 0 Å². The number of carbonyl (C=O) groups excluding carboxylic acids is 1. The molecule has 15 heavy (non-hydrogen) atoms. The summed E-state index contributed by atoms with van der Waals surface area (Å²) >= 11 is 0.